The molecule has 26 heavy (non-hydrogen) atoms. The molecule has 0 atom stereocenters. The number of amides is 1. The first-order valence-corrected chi connectivity index (χ1v) is 8.32. The highest BCUT2D eigenvalue weighted by molar-refractivity contribution is 6.03. The number of nitrogens with zero attached hydrogens (tertiary/aromatic N) is 1. The van der Waals surface area contributed by atoms with Gasteiger partial charge in [-0.1, -0.05) is 24.3 Å². The fraction of sp³-hybridized carbons (Fsp3) is 0.143. The van der Waals surface area contributed by atoms with Crippen molar-refractivity contribution in [3.8, 4) is 5.75 Å². The quantitative estimate of drug-likeness (QED) is 0.702. The number of hydrogen-bond donors (Lipinski definition) is 2. The number of carbonyl (C=O) groups excluding carboxylic acids is 1. The van der Waals surface area contributed by atoms with Crippen LogP contribution in [0.25, 0.3) is 0 Å². The summed E-state index contributed by atoms with van der Waals surface area (Å²) in [5.74, 6) is 0.321. The lowest BCUT2D eigenvalue weighted by Gasteiger charge is -2.12. The highest BCUT2D eigenvalue weighted by Crippen LogP contribution is 2.24. The standard InChI is InChI=1S/C21H21N3O2/c1-14-7-6-9-17(15(14)2)23-16-11-12-19(22-13-16)21(25)24-18-8-4-5-10-20(18)26-3/h4-13,23H,1-3H3,(H,24,25). The Morgan fingerprint density at radius 2 is 1.73 bits per heavy atom. The molecule has 1 heterocycles. The van der Waals surface area contributed by atoms with Crippen LogP contribution in [0.3, 0.4) is 0 Å². The molecule has 0 radical (unpaired) electrons. The molecule has 3 rings (SSSR count). The Morgan fingerprint density at radius 1 is 0.962 bits per heavy atom. The van der Waals surface area contributed by atoms with Gasteiger partial charge in [-0.05, 0) is 55.3 Å². The molecule has 0 unspecified atom stereocenters. The van der Waals surface area contributed by atoms with Gasteiger partial charge in [-0.3, -0.25) is 4.79 Å². The summed E-state index contributed by atoms with van der Waals surface area (Å²) in [6.45, 7) is 4.14. The average molecular weight is 347 g/mol. The molecule has 1 amide bonds. The number of benzene rings is 2. The molecule has 2 N–H and O–H groups in total. The van der Waals surface area contributed by atoms with Gasteiger partial charge in [0.2, 0.25) is 0 Å². The van der Waals surface area contributed by atoms with Gasteiger partial charge in [0.15, 0.2) is 0 Å². The van der Waals surface area contributed by atoms with E-state index < -0.39 is 0 Å². The van der Waals surface area contributed by atoms with Crippen molar-refractivity contribution in [3.63, 3.8) is 0 Å². The highest BCUT2D eigenvalue weighted by atomic mass is 16.5. The molecule has 0 aliphatic heterocycles. The third-order valence-electron chi connectivity index (χ3n) is 4.23. The Balaban J connectivity index is 1.73. The monoisotopic (exact) mass is 347 g/mol. The van der Waals surface area contributed by atoms with E-state index in [1.165, 1.54) is 11.1 Å². The Hall–Kier alpha value is -3.34. The molecule has 0 spiro atoms. The van der Waals surface area contributed by atoms with Gasteiger partial charge in [0, 0.05) is 5.69 Å². The maximum Gasteiger partial charge on any atom is 0.274 e. The Morgan fingerprint density at radius 3 is 2.46 bits per heavy atom. The third-order valence-corrected chi connectivity index (χ3v) is 4.23. The van der Waals surface area contributed by atoms with Crippen LogP contribution in [0.4, 0.5) is 17.1 Å². The lowest BCUT2D eigenvalue weighted by atomic mass is 10.1. The number of methoxy groups -OCH3 is 1. The van der Waals surface area contributed by atoms with E-state index in [-0.39, 0.29) is 5.91 Å². The van der Waals surface area contributed by atoms with E-state index in [0.717, 1.165) is 11.4 Å². The SMILES string of the molecule is COc1ccccc1NC(=O)c1ccc(Nc2cccc(C)c2C)cn1. The number of ether oxygens (including phenoxy) is 1. The van der Waals surface area contributed by atoms with Gasteiger partial charge in [0.05, 0.1) is 24.7 Å². The lowest BCUT2D eigenvalue weighted by molar-refractivity contribution is 0.102. The van der Waals surface area contributed by atoms with Gasteiger partial charge in [0.1, 0.15) is 11.4 Å². The molecular formula is C21H21N3O2. The van der Waals surface area contributed by atoms with E-state index in [2.05, 4.69) is 35.5 Å². The van der Waals surface area contributed by atoms with Crippen LogP contribution in [0.5, 0.6) is 5.75 Å². The zero-order chi connectivity index (χ0) is 18.5. The van der Waals surface area contributed by atoms with Gasteiger partial charge in [0.25, 0.3) is 5.91 Å². The first-order chi connectivity index (χ1) is 12.6. The van der Waals surface area contributed by atoms with Crippen molar-refractivity contribution in [2.24, 2.45) is 0 Å². The smallest absolute Gasteiger partial charge is 0.274 e. The number of rotatable bonds is 5. The van der Waals surface area contributed by atoms with Crippen LogP contribution in [0.15, 0.2) is 60.8 Å². The fourth-order valence-corrected chi connectivity index (χ4v) is 2.58. The number of carbonyl (C=O) groups is 1. The summed E-state index contributed by atoms with van der Waals surface area (Å²) in [6, 6.07) is 16.9. The van der Waals surface area contributed by atoms with Gasteiger partial charge in [-0.25, -0.2) is 4.98 Å². The zero-order valence-electron chi connectivity index (χ0n) is 15.0. The Labute approximate surface area is 153 Å². The number of aromatic nitrogens is 1. The largest absolute Gasteiger partial charge is 0.495 e. The number of pyridine rings is 1. The fourth-order valence-electron chi connectivity index (χ4n) is 2.58. The van der Waals surface area contributed by atoms with Gasteiger partial charge < -0.3 is 15.4 Å². The van der Waals surface area contributed by atoms with Crippen molar-refractivity contribution >= 4 is 23.0 Å². The predicted octanol–water partition coefficient (Wildman–Crippen LogP) is 4.70. The molecular weight excluding hydrogens is 326 g/mol. The third kappa shape index (κ3) is 3.83. The van der Waals surface area contributed by atoms with Crippen molar-refractivity contribution in [1.82, 2.24) is 4.98 Å². The topological polar surface area (TPSA) is 63.2 Å². The predicted molar refractivity (Wildman–Crippen MR) is 104 cm³/mol. The second-order valence-corrected chi connectivity index (χ2v) is 5.96. The van der Waals surface area contributed by atoms with Crippen LogP contribution in [0, 0.1) is 13.8 Å². The van der Waals surface area contributed by atoms with Crippen molar-refractivity contribution in [1.29, 1.82) is 0 Å². The number of hydrogen-bond acceptors (Lipinski definition) is 4. The molecule has 3 aromatic rings. The molecule has 0 saturated carbocycles. The van der Waals surface area contributed by atoms with E-state index in [0.29, 0.717) is 17.1 Å². The number of anilines is 3. The molecule has 1 aromatic heterocycles. The van der Waals surface area contributed by atoms with Gasteiger partial charge in [-0.15, -0.1) is 0 Å². The minimum atomic E-state index is -0.284. The molecule has 5 nitrogen and oxygen atoms in total. The molecule has 132 valence electrons. The van der Waals surface area contributed by atoms with Gasteiger partial charge in [-0.2, -0.15) is 0 Å². The molecule has 0 bridgehead atoms. The second-order valence-electron chi connectivity index (χ2n) is 5.96. The van der Waals surface area contributed by atoms with E-state index in [1.54, 1.807) is 31.5 Å². The second kappa shape index (κ2) is 7.70. The maximum atomic E-state index is 12.4. The summed E-state index contributed by atoms with van der Waals surface area (Å²) in [4.78, 5) is 16.7. The summed E-state index contributed by atoms with van der Waals surface area (Å²) < 4.78 is 5.24. The normalized spacial score (nSPS) is 10.3. The molecule has 0 aliphatic rings. The van der Waals surface area contributed by atoms with Crippen molar-refractivity contribution in [3.05, 3.63) is 77.6 Å². The van der Waals surface area contributed by atoms with E-state index >= 15 is 0 Å². The van der Waals surface area contributed by atoms with Crippen molar-refractivity contribution in [2.75, 3.05) is 17.7 Å². The van der Waals surface area contributed by atoms with Crippen molar-refractivity contribution in [2.45, 2.75) is 13.8 Å². The Kier molecular flexibility index (Phi) is 5.17. The minimum absolute atomic E-state index is 0.284. The van der Waals surface area contributed by atoms with Crippen molar-refractivity contribution < 1.29 is 9.53 Å². The minimum Gasteiger partial charge on any atom is -0.495 e. The van der Waals surface area contributed by atoms with Crippen LogP contribution in [-0.2, 0) is 0 Å². The summed E-state index contributed by atoms with van der Waals surface area (Å²) in [6.07, 6.45) is 1.65. The number of para-hydroxylation sites is 2. The summed E-state index contributed by atoms with van der Waals surface area (Å²) >= 11 is 0. The van der Waals surface area contributed by atoms with E-state index in [1.807, 2.05) is 30.3 Å². The van der Waals surface area contributed by atoms with Crippen LogP contribution >= 0.6 is 0 Å². The van der Waals surface area contributed by atoms with E-state index in [4.69, 9.17) is 4.74 Å². The maximum absolute atomic E-state index is 12.4. The van der Waals surface area contributed by atoms with Crippen LogP contribution in [0.2, 0.25) is 0 Å². The summed E-state index contributed by atoms with van der Waals surface area (Å²) in [5, 5.41) is 6.15. The molecule has 0 aliphatic carbocycles. The number of aryl methyl sites for hydroxylation is 1. The van der Waals surface area contributed by atoms with Gasteiger partial charge >= 0.3 is 0 Å². The molecule has 5 heteroatoms. The van der Waals surface area contributed by atoms with Crippen LogP contribution in [0.1, 0.15) is 21.6 Å². The van der Waals surface area contributed by atoms with Crippen LogP contribution in [-0.4, -0.2) is 18.0 Å². The number of nitrogens with one attached hydrogen (secondary N) is 2. The molecule has 2 aromatic carbocycles. The summed E-state index contributed by atoms with van der Waals surface area (Å²) in [7, 11) is 1.57. The summed E-state index contributed by atoms with van der Waals surface area (Å²) in [5.41, 5.74) is 5.20. The molecule has 0 saturated heterocycles. The molecule has 0 fully saturated rings. The lowest BCUT2D eigenvalue weighted by Crippen LogP contribution is -2.14. The first kappa shape index (κ1) is 17.5. The first-order valence-electron chi connectivity index (χ1n) is 8.32. The zero-order valence-corrected chi connectivity index (χ0v) is 15.0. The highest BCUT2D eigenvalue weighted by Gasteiger charge is 2.11. The van der Waals surface area contributed by atoms with E-state index in [9.17, 15) is 4.79 Å². The Bertz CT molecular complexity index is 921. The average Bonchev–Trinajstić information content (AvgIpc) is 2.66. The van der Waals surface area contributed by atoms with Crippen LogP contribution < -0.4 is 15.4 Å².